The Kier molecular flexibility index (Phi) is 1.91. The van der Waals surface area contributed by atoms with Crippen LogP contribution in [0.25, 0.3) is 0 Å². The lowest BCUT2D eigenvalue weighted by atomic mass is 10.0. The molecule has 0 unspecified atom stereocenters. The number of hydrogen-bond acceptors (Lipinski definition) is 1. The molecule has 2 nitrogen and oxygen atoms in total. The molecular weight excluding hydrogens is 150 g/mol. The van der Waals surface area contributed by atoms with Crippen molar-refractivity contribution in [1.29, 1.82) is 0 Å². The number of rotatable bonds is 0. The minimum atomic E-state index is 0.231. The Morgan fingerprint density at radius 2 is 1.58 bits per heavy atom. The molecule has 1 aliphatic heterocycles. The van der Waals surface area contributed by atoms with Gasteiger partial charge in [-0.3, -0.25) is 4.79 Å². The molecule has 2 rings (SSSR count). The first-order valence-electron chi connectivity index (χ1n) is 4.72. The van der Waals surface area contributed by atoms with Crippen molar-refractivity contribution >= 4 is 5.91 Å². The first-order chi connectivity index (χ1) is 5.77. The van der Waals surface area contributed by atoms with E-state index in [9.17, 15) is 4.79 Å². The molecule has 0 atom stereocenters. The molecule has 1 amide bonds. The van der Waals surface area contributed by atoms with E-state index in [-0.39, 0.29) is 5.91 Å². The second-order valence-corrected chi connectivity index (χ2v) is 3.71. The fourth-order valence-corrected chi connectivity index (χ4v) is 1.86. The van der Waals surface area contributed by atoms with E-state index < -0.39 is 0 Å². The predicted molar refractivity (Wildman–Crippen MR) is 47.7 cm³/mol. The van der Waals surface area contributed by atoms with Crippen molar-refractivity contribution in [3.8, 4) is 0 Å². The van der Waals surface area contributed by atoms with Gasteiger partial charge >= 0.3 is 0 Å². The van der Waals surface area contributed by atoms with E-state index in [2.05, 4.69) is 0 Å². The number of allylic oxidation sites excluding steroid dienone is 1. The van der Waals surface area contributed by atoms with Gasteiger partial charge in [0.2, 0.25) is 5.91 Å². The highest BCUT2D eigenvalue weighted by atomic mass is 16.2. The fraction of sp³-hybridized carbons (Fsp3) is 0.700. The predicted octanol–water partition coefficient (Wildman–Crippen LogP) is 1.72. The summed E-state index contributed by atoms with van der Waals surface area (Å²) >= 11 is 0. The number of likely N-dealkylation sites (tertiary alicyclic amines) is 1. The van der Waals surface area contributed by atoms with Gasteiger partial charge < -0.3 is 4.90 Å². The summed E-state index contributed by atoms with van der Waals surface area (Å²) < 4.78 is 0. The third kappa shape index (κ3) is 1.52. The number of carbonyl (C=O) groups is 1. The molecule has 0 aromatic heterocycles. The number of nitrogens with zero attached hydrogens (tertiary/aromatic N) is 1. The van der Waals surface area contributed by atoms with Crippen LogP contribution in [-0.2, 0) is 4.79 Å². The summed E-state index contributed by atoms with van der Waals surface area (Å²) in [6.45, 7) is 3.57. The Hall–Kier alpha value is -0.790. The van der Waals surface area contributed by atoms with Crippen molar-refractivity contribution in [1.82, 2.24) is 4.90 Å². The van der Waals surface area contributed by atoms with Crippen LogP contribution in [0.4, 0.5) is 0 Å². The molecule has 1 saturated carbocycles. The molecule has 2 aliphatic rings. The van der Waals surface area contributed by atoms with Crippen LogP contribution < -0.4 is 0 Å². The maximum absolute atomic E-state index is 11.0. The van der Waals surface area contributed by atoms with Crippen LogP contribution in [0.2, 0.25) is 0 Å². The Balaban J connectivity index is 1.93. The maximum atomic E-state index is 11.0. The van der Waals surface area contributed by atoms with Gasteiger partial charge in [0.25, 0.3) is 0 Å². The van der Waals surface area contributed by atoms with Crippen LogP contribution in [0.1, 0.15) is 32.6 Å². The molecular formula is C10H15NO. The lowest BCUT2D eigenvalue weighted by Gasteiger charge is -2.27. The van der Waals surface area contributed by atoms with E-state index in [4.69, 9.17) is 0 Å². The monoisotopic (exact) mass is 165 g/mol. The van der Waals surface area contributed by atoms with Gasteiger partial charge in [-0.15, -0.1) is 0 Å². The minimum Gasteiger partial charge on any atom is -0.342 e. The van der Waals surface area contributed by atoms with Crippen LogP contribution in [-0.4, -0.2) is 23.9 Å². The molecule has 0 aromatic rings. The fourth-order valence-electron chi connectivity index (χ4n) is 1.86. The Labute approximate surface area is 73.2 Å². The second kappa shape index (κ2) is 2.92. The maximum Gasteiger partial charge on any atom is 0.219 e. The number of piperidine rings is 1. The molecule has 0 N–H and O–H groups in total. The molecule has 1 heterocycles. The van der Waals surface area contributed by atoms with Crippen molar-refractivity contribution in [3.05, 3.63) is 11.1 Å². The van der Waals surface area contributed by atoms with Gasteiger partial charge in [0, 0.05) is 20.0 Å². The molecule has 0 spiro atoms. The number of carbonyl (C=O) groups excluding carboxylic acids is 1. The van der Waals surface area contributed by atoms with Gasteiger partial charge in [0.15, 0.2) is 0 Å². The molecule has 66 valence electrons. The molecule has 0 aromatic carbocycles. The number of hydrogen-bond donors (Lipinski definition) is 0. The van der Waals surface area contributed by atoms with Crippen LogP contribution in [0, 0.1) is 0 Å². The summed E-state index contributed by atoms with van der Waals surface area (Å²) in [5, 5.41) is 0. The third-order valence-corrected chi connectivity index (χ3v) is 2.81. The zero-order valence-electron chi connectivity index (χ0n) is 7.60. The van der Waals surface area contributed by atoms with Gasteiger partial charge in [-0.2, -0.15) is 0 Å². The van der Waals surface area contributed by atoms with Crippen molar-refractivity contribution in [2.75, 3.05) is 13.1 Å². The van der Waals surface area contributed by atoms with Gasteiger partial charge in [0.1, 0.15) is 0 Å². The Morgan fingerprint density at radius 3 is 2.00 bits per heavy atom. The number of amides is 1. The standard InChI is InChI=1S/C10H15NO/c1-8(12)11-6-4-10(5-7-11)9-2-3-9/h2-7H2,1H3. The minimum absolute atomic E-state index is 0.231. The average Bonchev–Trinajstić information content (AvgIpc) is 2.87. The average molecular weight is 165 g/mol. The van der Waals surface area contributed by atoms with Gasteiger partial charge in [-0.1, -0.05) is 11.1 Å². The van der Waals surface area contributed by atoms with E-state index >= 15 is 0 Å². The third-order valence-electron chi connectivity index (χ3n) is 2.81. The highest BCUT2D eigenvalue weighted by Gasteiger charge is 2.22. The molecule has 0 radical (unpaired) electrons. The van der Waals surface area contributed by atoms with Crippen molar-refractivity contribution in [3.63, 3.8) is 0 Å². The summed E-state index contributed by atoms with van der Waals surface area (Å²) in [6.07, 6.45) is 4.93. The van der Waals surface area contributed by atoms with E-state index in [1.54, 1.807) is 18.1 Å². The highest BCUT2D eigenvalue weighted by molar-refractivity contribution is 5.73. The molecule has 2 heteroatoms. The van der Waals surface area contributed by atoms with Crippen molar-refractivity contribution in [2.45, 2.75) is 32.6 Å². The first-order valence-corrected chi connectivity index (χ1v) is 4.72. The Morgan fingerprint density at radius 1 is 1.08 bits per heavy atom. The Bertz CT molecular complexity index is 226. The summed E-state index contributed by atoms with van der Waals surface area (Å²) in [7, 11) is 0. The first kappa shape index (κ1) is 7.84. The molecule has 12 heavy (non-hydrogen) atoms. The van der Waals surface area contributed by atoms with Crippen molar-refractivity contribution in [2.24, 2.45) is 0 Å². The molecule has 1 saturated heterocycles. The topological polar surface area (TPSA) is 20.3 Å². The quantitative estimate of drug-likeness (QED) is 0.500. The highest BCUT2D eigenvalue weighted by Crippen LogP contribution is 2.35. The summed E-state index contributed by atoms with van der Waals surface area (Å²) in [6, 6.07) is 0. The lowest BCUT2D eigenvalue weighted by molar-refractivity contribution is -0.129. The van der Waals surface area contributed by atoms with Crippen LogP contribution >= 0.6 is 0 Å². The van der Waals surface area contributed by atoms with E-state index in [1.165, 1.54) is 12.8 Å². The van der Waals surface area contributed by atoms with Crippen LogP contribution in [0.3, 0.4) is 0 Å². The van der Waals surface area contributed by atoms with E-state index in [0.29, 0.717) is 0 Å². The summed E-state index contributed by atoms with van der Waals surface area (Å²) in [4.78, 5) is 13.0. The van der Waals surface area contributed by atoms with Crippen molar-refractivity contribution < 1.29 is 4.79 Å². The van der Waals surface area contributed by atoms with Gasteiger partial charge in [-0.25, -0.2) is 0 Å². The normalized spacial score (nSPS) is 22.9. The molecule has 2 fully saturated rings. The van der Waals surface area contributed by atoms with Gasteiger partial charge in [-0.05, 0) is 25.7 Å². The summed E-state index contributed by atoms with van der Waals surface area (Å²) in [5.74, 6) is 0.231. The van der Waals surface area contributed by atoms with E-state index in [1.807, 2.05) is 4.90 Å². The molecule has 0 bridgehead atoms. The van der Waals surface area contributed by atoms with Crippen LogP contribution in [0.5, 0.6) is 0 Å². The zero-order valence-corrected chi connectivity index (χ0v) is 7.60. The lowest BCUT2D eigenvalue weighted by Crippen LogP contribution is -2.34. The largest absolute Gasteiger partial charge is 0.342 e. The SMILES string of the molecule is CC(=O)N1CCC(=C2CC2)CC1. The van der Waals surface area contributed by atoms with Gasteiger partial charge in [0.05, 0.1) is 0 Å². The van der Waals surface area contributed by atoms with E-state index in [0.717, 1.165) is 25.9 Å². The smallest absolute Gasteiger partial charge is 0.219 e. The summed E-state index contributed by atoms with van der Waals surface area (Å²) in [5.41, 5.74) is 3.32. The zero-order chi connectivity index (χ0) is 8.55. The van der Waals surface area contributed by atoms with Crippen LogP contribution in [0.15, 0.2) is 11.1 Å². The second-order valence-electron chi connectivity index (χ2n) is 3.71. The molecule has 1 aliphatic carbocycles.